The highest BCUT2D eigenvalue weighted by molar-refractivity contribution is 7.27. The average Bonchev–Trinajstić information content (AvgIpc) is 3.01. The molecule has 2 nitrogen and oxygen atoms in total. The van der Waals surface area contributed by atoms with Crippen LogP contribution in [0.4, 0.5) is 0 Å². The zero-order chi connectivity index (χ0) is 16.3. The Labute approximate surface area is 142 Å². The molecular formula is C20H13BO2S. The quantitative estimate of drug-likeness (QED) is 0.360. The van der Waals surface area contributed by atoms with Crippen molar-refractivity contribution in [3.8, 4) is 0 Å². The zero-order valence-electron chi connectivity index (χ0n) is 12.7. The smallest absolute Gasteiger partial charge is 0.423 e. The SMILES string of the molecule is OB(O)c1ccc2sc3c4ccccc4c4ccccc4c3c2c1. The maximum atomic E-state index is 9.54. The third-order valence-electron chi connectivity index (χ3n) is 4.67. The summed E-state index contributed by atoms with van der Waals surface area (Å²) in [5.41, 5.74) is 0.527. The summed E-state index contributed by atoms with van der Waals surface area (Å²) in [7, 11) is -1.45. The molecule has 4 aromatic carbocycles. The molecule has 0 radical (unpaired) electrons. The Morgan fingerprint density at radius 3 is 2.00 bits per heavy atom. The maximum Gasteiger partial charge on any atom is 0.488 e. The second-order valence-corrected chi connectivity index (χ2v) is 7.08. The lowest BCUT2D eigenvalue weighted by Gasteiger charge is -2.07. The van der Waals surface area contributed by atoms with Gasteiger partial charge in [0.1, 0.15) is 0 Å². The number of thiophene rings is 1. The Morgan fingerprint density at radius 2 is 1.29 bits per heavy atom. The van der Waals surface area contributed by atoms with Gasteiger partial charge in [-0.2, -0.15) is 0 Å². The molecule has 0 bridgehead atoms. The van der Waals surface area contributed by atoms with Crippen LogP contribution in [0.15, 0.2) is 66.7 Å². The van der Waals surface area contributed by atoms with E-state index in [-0.39, 0.29) is 0 Å². The molecule has 1 heterocycles. The first-order valence-corrected chi connectivity index (χ1v) is 8.67. The molecule has 4 heteroatoms. The van der Waals surface area contributed by atoms with Crippen LogP contribution in [0, 0.1) is 0 Å². The molecular weight excluding hydrogens is 315 g/mol. The average molecular weight is 328 g/mol. The van der Waals surface area contributed by atoms with E-state index in [0.717, 1.165) is 10.1 Å². The Morgan fingerprint density at radius 1 is 0.667 bits per heavy atom. The second-order valence-electron chi connectivity index (χ2n) is 6.03. The van der Waals surface area contributed by atoms with Crippen LogP contribution in [0.1, 0.15) is 0 Å². The van der Waals surface area contributed by atoms with Crippen molar-refractivity contribution < 1.29 is 10.0 Å². The fourth-order valence-electron chi connectivity index (χ4n) is 3.58. The normalized spacial score (nSPS) is 11.8. The lowest BCUT2D eigenvalue weighted by molar-refractivity contribution is 0.426. The fourth-order valence-corrected chi connectivity index (χ4v) is 4.82. The Kier molecular flexibility index (Phi) is 2.94. The molecule has 0 amide bonds. The predicted molar refractivity (Wildman–Crippen MR) is 104 cm³/mol. The zero-order valence-corrected chi connectivity index (χ0v) is 13.5. The van der Waals surface area contributed by atoms with E-state index in [9.17, 15) is 10.0 Å². The molecule has 114 valence electrons. The molecule has 0 fully saturated rings. The van der Waals surface area contributed by atoms with Crippen LogP contribution >= 0.6 is 11.3 Å². The van der Waals surface area contributed by atoms with Crippen LogP contribution < -0.4 is 5.46 Å². The molecule has 5 rings (SSSR count). The molecule has 0 spiro atoms. The van der Waals surface area contributed by atoms with Gasteiger partial charge in [0.25, 0.3) is 0 Å². The topological polar surface area (TPSA) is 40.5 Å². The van der Waals surface area contributed by atoms with Gasteiger partial charge in [0.2, 0.25) is 0 Å². The molecule has 5 aromatic rings. The van der Waals surface area contributed by atoms with Crippen LogP contribution in [0.2, 0.25) is 0 Å². The van der Waals surface area contributed by atoms with E-state index < -0.39 is 7.12 Å². The van der Waals surface area contributed by atoms with Crippen LogP contribution in [-0.4, -0.2) is 17.2 Å². The van der Waals surface area contributed by atoms with Crippen molar-refractivity contribution in [1.82, 2.24) is 0 Å². The maximum absolute atomic E-state index is 9.54. The van der Waals surface area contributed by atoms with E-state index >= 15 is 0 Å². The minimum atomic E-state index is -1.45. The summed E-state index contributed by atoms with van der Waals surface area (Å²) >= 11 is 1.76. The van der Waals surface area contributed by atoms with Gasteiger partial charge in [-0.15, -0.1) is 11.3 Å². The van der Waals surface area contributed by atoms with E-state index in [1.165, 1.54) is 31.6 Å². The van der Waals surface area contributed by atoms with Gasteiger partial charge in [-0.3, -0.25) is 0 Å². The molecule has 1 aromatic heterocycles. The van der Waals surface area contributed by atoms with Crippen LogP contribution in [0.25, 0.3) is 41.7 Å². The van der Waals surface area contributed by atoms with Gasteiger partial charge in [-0.05, 0) is 27.7 Å². The highest BCUT2D eigenvalue weighted by atomic mass is 32.1. The molecule has 2 N–H and O–H groups in total. The van der Waals surface area contributed by atoms with Gasteiger partial charge in [0.15, 0.2) is 0 Å². The molecule has 24 heavy (non-hydrogen) atoms. The molecule has 0 aliphatic heterocycles. The van der Waals surface area contributed by atoms with E-state index in [4.69, 9.17) is 0 Å². The molecule has 0 aliphatic carbocycles. The van der Waals surface area contributed by atoms with Crippen molar-refractivity contribution in [2.75, 3.05) is 0 Å². The van der Waals surface area contributed by atoms with Gasteiger partial charge in [-0.25, -0.2) is 0 Å². The van der Waals surface area contributed by atoms with Gasteiger partial charge >= 0.3 is 7.12 Å². The number of hydrogen-bond acceptors (Lipinski definition) is 3. The first-order chi connectivity index (χ1) is 11.7. The first-order valence-electron chi connectivity index (χ1n) is 7.86. The van der Waals surface area contributed by atoms with E-state index in [1.54, 1.807) is 17.4 Å². The van der Waals surface area contributed by atoms with Crippen molar-refractivity contribution in [3.63, 3.8) is 0 Å². The van der Waals surface area contributed by atoms with Gasteiger partial charge in [0.05, 0.1) is 0 Å². The van der Waals surface area contributed by atoms with Gasteiger partial charge in [-0.1, -0.05) is 60.7 Å². The third-order valence-corrected chi connectivity index (χ3v) is 5.87. The Hall–Kier alpha value is -2.40. The minimum Gasteiger partial charge on any atom is -0.423 e. The minimum absolute atomic E-state index is 0.527. The van der Waals surface area contributed by atoms with Crippen molar-refractivity contribution in [2.45, 2.75) is 0 Å². The van der Waals surface area contributed by atoms with Crippen LogP contribution in [0.3, 0.4) is 0 Å². The summed E-state index contributed by atoms with van der Waals surface area (Å²) in [6.45, 7) is 0. The molecule has 0 saturated heterocycles. The Bertz CT molecular complexity index is 1240. The second kappa shape index (κ2) is 5.05. The fraction of sp³-hybridized carbons (Fsp3) is 0. The summed E-state index contributed by atoms with van der Waals surface area (Å²) < 4.78 is 2.42. The van der Waals surface area contributed by atoms with Gasteiger partial charge in [0, 0.05) is 25.6 Å². The molecule has 0 saturated carbocycles. The van der Waals surface area contributed by atoms with E-state index in [2.05, 4.69) is 48.5 Å². The third kappa shape index (κ3) is 1.85. The van der Waals surface area contributed by atoms with Crippen LogP contribution in [0.5, 0.6) is 0 Å². The van der Waals surface area contributed by atoms with Crippen molar-refractivity contribution in [2.24, 2.45) is 0 Å². The summed E-state index contributed by atoms with van der Waals surface area (Å²) in [4.78, 5) is 0. The lowest BCUT2D eigenvalue weighted by atomic mass is 9.79. The number of hydrogen-bond donors (Lipinski definition) is 2. The van der Waals surface area contributed by atoms with E-state index in [1.807, 2.05) is 12.1 Å². The summed E-state index contributed by atoms with van der Waals surface area (Å²) in [6, 6.07) is 22.6. The molecule has 0 aliphatic rings. The summed E-state index contributed by atoms with van der Waals surface area (Å²) in [6.07, 6.45) is 0. The Balaban J connectivity index is 2.11. The molecule has 0 unspecified atom stereocenters. The highest BCUT2D eigenvalue weighted by Crippen LogP contribution is 2.43. The lowest BCUT2D eigenvalue weighted by Crippen LogP contribution is -2.29. The number of fused-ring (bicyclic) bond motifs is 8. The van der Waals surface area contributed by atoms with Crippen molar-refractivity contribution in [1.29, 1.82) is 0 Å². The number of rotatable bonds is 1. The predicted octanol–water partition coefficient (Wildman–Crippen LogP) is 4.04. The van der Waals surface area contributed by atoms with E-state index in [0.29, 0.717) is 5.46 Å². The largest absolute Gasteiger partial charge is 0.488 e. The highest BCUT2D eigenvalue weighted by Gasteiger charge is 2.16. The van der Waals surface area contributed by atoms with Crippen molar-refractivity contribution in [3.05, 3.63) is 66.7 Å². The van der Waals surface area contributed by atoms with Crippen molar-refractivity contribution >= 4 is 65.6 Å². The number of benzene rings is 4. The standard InChI is InChI=1S/C20H13BO2S/c22-21(23)12-9-10-18-17(11-12)19-15-7-3-1-5-13(15)14-6-2-4-8-16(14)20(19)24-18/h1-11,22-23H. The van der Waals surface area contributed by atoms with Gasteiger partial charge < -0.3 is 10.0 Å². The molecule has 0 atom stereocenters. The first kappa shape index (κ1) is 14.0. The monoisotopic (exact) mass is 328 g/mol. The summed E-state index contributed by atoms with van der Waals surface area (Å²) in [5, 5.41) is 26.3. The van der Waals surface area contributed by atoms with Crippen LogP contribution in [-0.2, 0) is 0 Å². The summed E-state index contributed by atoms with van der Waals surface area (Å²) in [5.74, 6) is 0.